The van der Waals surface area contributed by atoms with E-state index in [9.17, 15) is 0 Å². The fraction of sp³-hybridized carbons (Fsp3) is 0.300. The molecule has 0 aromatic heterocycles. The van der Waals surface area contributed by atoms with Crippen molar-refractivity contribution in [3.8, 4) is 0 Å². The summed E-state index contributed by atoms with van der Waals surface area (Å²) in [4.78, 5) is 4.37. The molecule has 0 spiro atoms. The first-order chi connectivity index (χ1) is 5.23. The zero-order chi connectivity index (χ0) is 7.90. The molecule has 1 heteroatoms. The Morgan fingerprint density at radius 1 is 1.18 bits per heavy atom. The molecule has 1 heterocycles. The van der Waals surface area contributed by atoms with Crippen LogP contribution in [0.3, 0.4) is 0 Å². The van der Waals surface area contributed by atoms with Gasteiger partial charge in [-0.05, 0) is 19.4 Å². The molecule has 0 saturated carbocycles. The van der Waals surface area contributed by atoms with Gasteiger partial charge in [0, 0.05) is 5.71 Å². The molecule has 1 nitrogen and oxygen atoms in total. The maximum Gasteiger partial charge on any atom is 0.120 e. The molecule has 11 heavy (non-hydrogen) atoms. The molecular weight excluding hydrogens is 134 g/mol. The van der Waals surface area contributed by atoms with Crippen molar-refractivity contribution in [2.75, 3.05) is 0 Å². The van der Waals surface area contributed by atoms with Crippen LogP contribution in [0.15, 0.2) is 35.3 Å². The molecule has 0 fully saturated rings. The predicted molar refractivity (Wildman–Crippen MR) is 46.9 cm³/mol. The van der Waals surface area contributed by atoms with E-state index in [0.717, 1.165) is 0 Å². The van der Waals surface area contributed by atoms with E-state index in [1.165, 1.54) is 11.3 Å². The van der Waals surface area contributed by atoms with Gasteiger partial charge in [0.1, 0.15) is 5.54 Å². The summed E-state index contributed by atoms with van der Waals surface area (Å²) in [5.74, 6) is 0. The van der Waals surface area contributed by atoms with Gasteiger partial charge in [0.25, 0.3) is 0 Å². The Labute approximate surface area is 66.8 Å². The van der Waals surface area contributed by atoms with Gasteiger partial charge in [0.15, 0.2) is 0 Å². The second-order valence-electron chi connectivity index (χ2n) is 3.14. The van der Waals surface area contributed by atoms with Crippen LogP contribution in [0, 0.1) is 0 Å². The Hall–Kier alpha value is -1.11. The van der Waals surface area contributed by atoms with E-state index >= 15 is 0 Å². The summed E-state index contributed by atoms with van der Waals surface area (Å²) in [6.45, 7) is 4.23. The Kier molecular flexibility index (Phi) is 1.16. The molecule has 2 rings (SSSR count). The molecule has 0 saturated heterocycles. The third-order valence-electron chi connectivity index (χ3n) is 2.38. The summed E-state index contributed by atoms with van der Waals surface area (Å²) < 4.78 is 0. The molecule has 1 atom stereocenters. The minimum Gasteiger partial charge on any atom is -0.274 e. The van der Waals surface area contributed by atoms with Crippen LogP contribution in [-0.2, 0) is 5.54 Å². The first-order valence-electron chi connectivity index (χ1n) is 3.86. The van der Waals surface area contributed by atoms with Gasteiger partial charge in [-0.1, -0.05) is 30.3 Å². The van der Waals surface area contributed by atoms with Crippen LogP contribution in [0.25, 0.3) is 0 Å². The minimum atomic E-state index is 0.0429. The van der Waals surface area contributed by atoms with E-state index < -0.39 is 0 Å². The zero-order valence-electron chi connectivity index (χ0n) is 6.83. The highest BCUT2D eigenvalue weighted by atomic mass is 15.0. The van der Waals surface area contributed by atoms with E-state index in [4.69, 9.17) is 0 Å². The van der Waals surface area contributed by atoms with Crippen molar-refractivity contribution in [2.45, 2.75) is 19.4 Å². The lowest BCUT2D eigenvalue weighted by Gasteiger charge is -2.06. The third-order valence-corrected chi connectivity index (χ3v) is 2.38. The predicted octanol–water partition coefficient (Wildman–Crippen LogP) is 2.38. The molecule has 0 N–H and O–H groups in total. The third kappa shape index (κ3) is 0.881. The SMILES string of the molecule is CC1=NC1(C)c1ccccc1. The van der Waals surface area contributed by atoms with Crippen LogP contribution < -0.4 is 0 Å². The molecule has 1 aromatic rings. The van der Waals surface area contributed by atoms with E-state index in [0.29, 0.717) is 0 Å². The quantitative estimate of drug-likeness (QED) is 0.575. The zero-order valence-corrected chi connectivity index (χ0v) is 6.83. The van der Waals surface area contributed by atoms with Gasteiger partial charge < -0.3 is 0 Å². The largest absolute Gasteiger partial charge is 0.274 e. The lowest BCUT2D eigenvalue weighted by molar-refractivity contribution is 0.803. The topological polar surface area (TPSA) is 12.4 Å². The second-order valence-corrected chi connectivity index (χ2v) is 3.14. The van der Waals surface area contributed by atoms with Gasteiger partial charge in [-0.2, -0.15) is 0 Å². The van der Waals surface area contributed by atoms with Crippen molar-refractivity contribution in [3.05, 3.63) is 35.9 Å². The average molecular weight is 145 g/mol. The summed E-state index contributed by atoms with van der Waals surface area (Å²) in [6.07, 6.45) is 0. The number of benzene rings is 1. The molecule has 0 amide bonds. The first-order valence-corrected chi connectivity index (χ1v) is 3.86. The molecule has 0 bridgehead atoms. The van der Waals surface area contributed by atoms with Gasteiger partial charge in [-0.15, -0.1) is 0 Å². The van der Waals surface area contributed by atoms with Gasteiger partial charge in [0.2, 0.25) is 0 Å². The lowest BCUT2D eigenvalue weighted by Crippen LogP contribution is -2.08. The number of hydrogen-bond acceptors (Lipinski definition) is 1. The summed E-state index contributed by atoms with van der Waals surface area (Å²) >= 11 is 0. The van der Waals surface area contributed by atoms with Crippen LogP contribution in [0.1, 0.15) is 19.4 Å². The minimum absolute atomic E-state index is 0.0429. The monoisotopic (exact) mass is 145 g/mol. The van der Waals surface area contributed by atoms with Crippen molar-refractivity contribution in [3.63, 3.8) is 0 Å². The molecule has 0 aliphatic carbocycles. The van der Waals surface area contributed by atoms with E-state index in [2.05, 4.69) is 43.1 Å². The Morgan fingerprint density at radius 3 is 2.18 bits per heavy atom. The molecule has 1 aliphatic rings. The number of rotatable bonds is 1. The number of nitrogens with zero attached hydrogens (tertiary/aromatic N) is 1. The highest BCUT2D eigenvalue weighted by Gasteiger charge is 2.39. The van der Waals surface area contributed by atoms with Crippen molar-refractivity contribution < 1.29 is 0 Å². The second kappa shape index (κ2) is 1.94. The van der Waals surface area contributed by atoms with Gasteiger partial charge in [-0.25, -0.2) is 0 Å². The molecular formula is C10H11N. The van der Waals surface area contributed by atoms with Crippen LogP contribution in [-0.4, -0.2) is 5.71 Å². The standard InChI is InChI=1S/C10H11N/c1-8-10(2,11-8)9-6-4-3-5-7-9/h3-7H,1-2H3. The Balaban J connectivity index is 2.33. The van der Waals surface area contributed by atoms with Crippen molar-refractivity contribution in [1.82, 2.24) is 0 Å². The van der Waals surface area contributed by atoms with Gasteiger partial charge >= 0.3 is 0 Å². The van der Waals surface area contributed by atoms with E-state index in [-0.39, 0.29) is 5.54 Å². The van der Waals surface area contributed by atoms with Crippen LogP contribution in [0.4, 0.5) is 0 Å². The first kappa shape index (κ1) is 6.59. The van der Waals surface area contributed by atoms with Crippen molar-refractivity contribution >= 4 is 5.71 Å². The van der Waals surface area contributed by atoms with Gasteiger partial charge in [0.05, 0.1) is 0 Å². The van der Waals surface area contributed by atoms with E-state index in [1.807, 2.05) is 6.07 Å². The highest BCUT2D eigenvalue weighted by Crippen LogP contribution is 2.37. The van der Waals surface area contributed by atoms with Gasteiger partial charge in [-0.3, -0.25) is 4.99 Å². The fourth-order valence-corrected chi connectivity index (χ4v) is 1.34. The normalized spacial score (nSPS) is 28.0. The molecule has 1 unspecified atom stereocenters. The van der Waals surface area contributed by atoms with Crippen molar-refractivity contribution in [2.24, 2.45) is 4.99 Å². The smallest absolute Gasteiger partial charge is 0.120 e. The Morgan fingerprint density at radius 2 is 1.73 bits per heavy atom. The summed E-state index contributed by atoms with van der Waals surface area (Å²) in [7, 11) is 0. The fourth-order valence-electron chi connectivity index (χ4n) is 1.34. The molecule has 1 aliphatic heterocycles. The molecule has 56 valence electrons. The average Bonchev–Trinajstić information content (AvgIpc) is 2.64. The molecule has 0 radical (unpaired) electrons. The maximum atomic E-state index is 4.37. The Bertz CT molecular complexity index is 300. The lowest BCUT2D eigenvalue weighted by atomic mass is 9.97. The van der Waals surface area contributed by atoms with Crippen LogP contribution in [0.2, 0.25) is 0 Å². The highest BCUT2D eigenvalue weighted by molar-refractivity contribution is 6.03. The van der Waals surface area contributed by atoms with Crippen molar-refractivity contribution in [1.29, 1.82) is 0 Å². The maximum absolute atomic E-state index is 4.37. The number of aliphatic imine (C=N–C) groups is 1. The summed E-state index contributed by atoms with van der Waals surface area (Å²) in [6, 6.07) is 10.4. The van der Waals surface area contributed by atoms with E-state index in [1.54, 1.807) is 0 Å². The van der Waals surface area contributed by atoms with Crippen LogP contribution >= 0.6 is 0 Å². The van der Waals surface area contributed by atoms with Crippen LogP contribution in [0.5, 0.6) is 0 Å². The molecule has 1 aromatic carbocycles. The summed E-state index contributed by atoms with van der Waals surface area (Å²) in [5.41, 5.74) is 2.59. The summed E-state index contributed by atoms with van der Waals surface area (Å²) in [5, 5.41) is 0. The number of hydrogen-bond donors (Lipinski definition) is 0.